The van der Waals surface area contributed by atoms with Crippen LogP contribution in [0.1, 0.15) is 10.4 Å². The summed E-state index contributed by atoms with van der Waals surface area (Å²) in [5.41, 5.74) is 3.75. The lowest BCUT2D eigenvalue weighted by Gasteiger charge is -2.09. The lowest BCUT2D eigenvalue weighted by molar-refractivity contribution is 0.0697. The zero-order valence-corrected chi connectivity index (χ0v) is 13.3. The largest absolute Gasteiger partial charge is 0.478 e. The monoisotopic (exact) mass is 329 g/mol. The number of aromatic carboxylic acids is 1. The fraction of sp³-hybridized carbons (Fsp3) is 0. The topological polar surface area (TPSA) is 66.6 Å². The molecule has 0 radical (unpaired) electrons. The molecule has 0 saturated carbocycles. The Hall–Kier alpha value is -3.60. The summed E-state index contributed by atoms with van der Waals surface area (Å²) >= 11 is 0. The Bertz CT molecular complexity index is 1040. The second-order valence-corrected chi connectivity index (χ2v) is 5.61. The molecule has 0 aliphatic heterocycles. The van der Waals surface area contributed by atoms with Crippen LogP contribution in [0.3, 0.4) is 0 Å². The van der Waals surface area contributed by atoms with Gasteiger partial charge in [0.25, 0.3) is 0 Å². The lowest BCUT2D eigenvalue weighted by atomic mass is 10.1. The number of rotatable bonds is 4. The van der Waals surface area contributed by atoms with Gasteiger partial charge in [0.1, 0.15) is 17.2 Å². The number of aromatic nitrogens is 2. The molecule has 0 spiro atoms. The number of carbonyl (C=O) groups is 1. The summed E-state index contributed by atoms with van der Waals surface area (Å²) in [5.74, 6) is -0.101. The Balaban J connectivity index is 1.81. The van der Waals surface area contributed by atoms with Gasteiger partial charge in [0.05, 0.1) is 5.56 Å². The second kappa shape index (κ2) is 6.13. The van der Waals surface area contributed by atoms with Crippen molar-refractivity contribution in [1.82, 2.24) is 9.38 Å². The van der Waals surface area contributed by atoms with Gasteiger partial charge in [-0.1, -0.05) is 36.4 Å². The van der Waals surface area contributed by atoms with Crippen molar-refractivity contribution in [2.45, 2.75) is 0 Å². The summed E-state index contributed by atoms with van der Waals surface area (Å²) in [6, 6.07) is 22.5. The second-order valence-electron chi connectivity index (χ2n) is 5.61. The molecule has 0 bridgehead atoms. The normalized spacial score (nSPS) is 10.7. The average Bonchev–Trinajstić information content (AvgIpc) is 3.02. The van der Waals surface area contributed by atoms with Crippen LogP contribution in [0.4, 0.5) is 11.5 Å². The summed E-state index contributed by atoms with van der Waals surface area (Å²) in [6.45, 7) is 0. The number of carboxylic acids is 1. The molecule has 5 nitrogen and oxygen atoms in total. The predicted octanol–water partition coefficient (Wildman–Crippen LogP) is 4.44. The highest BCUT2D eigenvalue weighted by atomic mass is 16.4. The van der Waals surface area contributed by atoms with E-state index in [4.69, 9.17) is 10.1 Å². The standard InChI is InChI=1S/C20H15N3O2/c24-20(25)15-9-11-16(12-10-15)21-19-18(14-6-2-1-3-7-14)22-17-8-4-5-13-23(17)19/h1-13,21H,(H,24,25). The van der Waals surface area contributed by atoms with Crippen LogP contribution in [-0.2, 0) is 0 Å². The van der Waals surface area contributed by atoms with E-state index in [1.807, 2.05) is 59.1 Å². The van der Waals surface area contributed by atoms with Crippen molar-refractivity contribution in [3.05, 3.63) is 84.6 Å². The molecule has 0 fully saturated rings. The average molecular weight is 329 g/mol. The summed E-state index contributed by atoms with van der Waals surface area (Å²) in [5, 5.41) is 12.4. The molecule has 25 heavy (non-hydrogen) atoms. The first-order valence-electron chi connectivity index (χ1n) is 7.85. The van der Waals surface area contributed by atoms with Gasteiger partial charge in [-0.25, -0.2) is 9.78 Å². The third-order valence-electron chi connectivity index (χ3n) is 3.97. The van der Waals surface area contributed by atoms with E-state index in [0.717, 1.165) is 28.4 Å². The molecule has 122 valence electrons. The van der Waals surface area contributed by atoms with Gasteiger partial charge in [0.2, 0.25) is 0 Å². The first-order chi connectivity index (χ1) is 12.2. The van der Waals surface area contributed by atoms with Gasteiger partial charge in [-0.3, -0.25) is 4.40 Å². The summed E-state index contributed by atoms with van der Waals surface area (Å²) in [7, 11) is 0. The summed E-state index contributed by atoms with van der Waals surface area (Å²) in [6.07, 6.45) is 1.95. The maximum atomic E-state index is 11.0. The molecule has 0 amide bonds. The molecule has 0 atom stereocenters. The third-order valence-corrected chi connectivity index (χ3v) is 3.97. The van der Waals surface area contributed by atoms with Crippen LogP contribution in [0.25, 0.3) is 16.9 Å². The van der Waals surface area contributed by atoms with Gasteiger partial charge in [0, 0.05) is 17.4 Å². The van der Waals surface area contributed by atoms with Crippen LogP contribution in [0.2, 0.25) is 0 Å². The van der Waals surface area contributed by atoms with E-state index >= 15 is 0 Å². The Kier molecular flexibility index (Phi) is 3.67. The SMILES string of the molecule is O=C(O)c1ccc(Nc2c(-c3ccccc3)nc3ccccn23)cc1. The highest BCUT2D eigenvalue weighted by Crippen LogP contribution is 2.30. The van der Waals surface area contributed by atoms with Crippen molar-refractivity contribution in [2.24, 2.45) is 0 Å². The van der Waals surface area contributed by atoms with E-state index in [0.29, 0.717) is 0 Å². The number of hydrogen-bond donors (Lipinski definition) is 2. The molecular weight excluding hydrogens is 314 g/mol. The fourth-order valence-corrected chi connectivity index (χ4v) is 2.75. The Morgan fingerprint density at radius 3 is 2.36 bits per heavy atom. The number of fused-ring (bicyclic) bond motifs is 1. The van der Waals surface area contributed by atoms with E-state index < -0.39 is 5.97 Å². The Morgan fingerprint density at radius 2 is 1.64 bits per heavy atom. The van der Waals surface area contributed by atoms with Gasteiger partial charge in [-0.2, -0.15) is 0 Å². The Morgan fingerprint density at radius 1 is 0.920 bits per heavy atom. The molecule has 4 aromatic rings. The van der Waals surface area contributed by atoms with Crippen LogP contribution in [0.15, 0.2) is 79.0 Å². The fourth-order valence-electron chi connectivity index (χ4n) is 2.75. The molecule has 2 heterocycles. The number of nitrogens with one attached hydrogen (secondary N) is 1. The van der Waals surface area contributed by atoms with Crippen LogP contribution >= 0.6 is 0 Å². The van der Waals surface area contributed by atoms with Crippen molar-refractivity contribution in [2.75, 3.05) is 5.32 Å². The van der Waals surface area contributed by atoms with Crippen LogP contribution < -0.4 is 5.32 Å². The third kappa shape index (κ3) is 2.83. The lowest BCUT2D eigenvalue weighted by Crippen LogP contribution is -1.99. The van der Waals surface area contributed by atoms with Gasteiger partial charge < -0.3 is 10.4 Å². The van der Waals surface area contributed by atoms with Crippen molar-refractivity contribution in [3.8, 4) is 11.3 Å². The van der Waals surface area contributed by atoms with Crippen LogP contribution in [-0.4, -0.2) is 20.5 Å². The van der Waals surface area contributed by atoms with Crippen molar-refractivity contribution < 1.29 is 9.90 Å². The predicted molar refractivity (Wildman–Crippen MR) is 97.3 cm³/mol. The number of anilines is 2. The zero-order chi connectivity index (χ0) is 17.2. The molecule has 0 unspecified atom stereocenters. The molecule has 0 aliphatic carbocycles. The highest BCUT2D eigenvalue weighted by Gasteiger charge is 2.14. The van der Waals surface area contributed by atoms with Crippen LogP contribution in [0, 0.1) is 0 Å². The minimum atomic E-state index is -0.939. The maximum Gasteiger partial charge on any atom is 0.335 e. The van der Waals surface area contributed by atoms with E-state index in [1.165, 1.54) is 0 Å². The number of carboxylic acid groups (broad SMARTS) is 1. The Labute approximate surface area is 144 Å². The highest BCUT2D eigenvalue weighted by molar-refractivity contribution is 5.88. The molecule has 2 N–H and O–H groups in total. The molecular formula is C20H15N3O2. The van der Waals surface area contributed by atoms with Gasteiger partial charge in [-0.15, -0.1) is 0 Å². The summed E-state index contributed by atoms with van der Waals surface area (Å²) in [4.78, 5) is 15.7. The number of benzene rings is 2. The van der Waals surface area contributed by atoms with Gasteiger partial charge in [-0.05, 0) is 36.4 Å². The smallest absolute Gasteiger partial charge is 0.335 e. The minimum Gasteiger partial charge on any atom is -0.478 e. The minimum absolute atomic E-state index is 0.256. The summed E-state index contributed by atoms with van der Waals surface area (Å²) < 4.78 is 1.98. The first-order valence-corrected chi connectivity index (χ1v) is 7.85. The van der Waals surface area contributed by atoms with E-state index in [-0.39, 0.29) is 5.56 Å². The number of pyridine rings is 1. The van der Waals surface area contributed by atoms with E-state index in [2.05, 4.69) is 5.32 Å². The quantitative estimate of drug-likeness (QED) is 0.581. The molecule has 0 saturated heterocycles. The van der Waals surface area contributed by atoms with Gasteiger partial charge >= 0.3 is 5.97 Å². The molecule has 2 aromatic carbocycles. The molecule has 0 aliphatic rings. The van der Waals surface area contributed by atoms with E-state index in [9.17, 15) is 4.79 Å². The molecule has 5 heteroatoms. The number of imidazole rings is 1. The van der Waals surface area contributed by atoms with Crippen molar-refractivity contribution in [1.29, 1.82) is 0 Å². The van der Waals surface area contributed by atoms with Crippen molar-refractivity contribution >= 4 is 23.1 Å². The van der Waals surface area contributed by atoms with Gasteiger partial charge in [0.15, 0.2) is 0 Å². The van der Waals surface area contributed by atoms with Crippen LogP contribution in [0.5, 0.6) is 0 Å². The maximum absolute atomic E-state index is 11.0. The molecule has 2 aromatic heterocycles. The number of hydrogen-bond acceptors (Lipinski definition) is 3. The molecule has 4 rings (SSSR count). The van der Waals surface area contributed by atoms with E-state index in [1.54, 1.807) is 24.3 Å². The zero-order valence-electron chi connectivity index (χ0n) is 13.3. The van der Waals surface area contributed by atoms with Crippen molar-refractivity contribution in [3.63, 3.8) is 0 Å². The first kappa shape index (κ1) is 15.0. The number of nitrogens with zero attached hydrogens (tertiary/aromatic N) is 2.